The quantitative estimate of drug-likeness (QED) is 0.660. The van der Waals surface area contributed by atoms with Gasteiger partial charge in [0, 0.05) is 18.6 Å². The Bertz CT molecular complexity index is 169. The highest BCUT2D eigenvalue weighted by Gasteiger charge is 2.32. The zero-order chi connectivity index (χ0) is 9.26. The third kappa shape index (κ3) is 1.89. The Kier molecular flexibility index (Phi) is 2.89. The topological polar surface area (TPSA) is 15.3 Å². The van der Waals surface area contributed by atoms with E-state index in [4.69, 9.17) is 0 Å². The summed E-state index contributed by atoms with van der Waals surface area (Å²) < 4.78 is 0. The molecular weight excluding hydrogens is 160 g/mol. The normalized spacial score (nSPS) is 42.5. The van der Waals surface area contributed by atoms with E-state index >= 15 is 0 Å². The van der Waals surface area contributed by atoms with Gasteiger partial charge in [-0.2, -0.15) is 0 Å². The lowest BCUT2D eigenvalue weighted by Gasteiger charge is -2.39. The van der Waals surface area contributed by atoms with Crippen molar-refractivity contribution in [1.82, 2.24) is 10.2 Å². The first-order valence-electron chi connectivity index (χ1n) is 5.75. The van der Waals surface area contributed by atoms with Crippen LogP contribution < -0.4 is 5.32 Å². The van der Waals surface area contributed by atoms with Crippen molar-refractivity contribution < 1.29 is 0 Å². The predicted octanol–water partition coefficient (Wildman–Crippen LogP) is 1.47. The van der Waals surface area contributed by atoms with Gasteiger partial charge in [-0.05, 0) is 45.2 Å². The molecule has 0 aromatic heterocycles. The lowest BCUT2D eigenvalue weighted by Crippen LogP contribution is -2.51. The molecule has 2 fully saturated rings. The van der Waals surface area contributed by atoms with Crippen molar-refractivity contribution in [2.75, 3.05) is 19.6 Å². The van der Waals surface area contributed by atoms with Crippen LogP contribution in [0.4, 0.5) is 0 Å². The molecule has 2 rings (SSSR count). The fourth-order valence-electron chi connectivity index (χ4n) is 2.87. The average Bonchev–Trinajstić information content (AvgIpc) is 2.52. The van der Waals surface area contributed by atoms with Gasteiger partial charge in [-0.1, -0.05) is 6.92 Å². The minimum Gasteiger partial charge on any atom is -0.315 e. The summed E-state index contributed by atoms with van der Waals surface area (Å²) in [5.41, 5.74) is 0. The molecule has 3 atom stereocenters. The number of piperidine rings is 1. The van der Waals surface area contributed by atoms with Gasteiger partial charge in [0.2, 0.25) is 0 Å². The molecule has 0 aromatic rings. The highest BCUT2D eigenvalue weighted by molar-refractivity contribution is 4.88. The Morgan fingerprint density at radius 3 is 2.69 bits per heavy atom. The minimum absolute atomic E-state index is 0.811. The summed E-state index contributed by atoms with van der Waals surface area (Å²) >= 11 is 0. The third-order valence-corrected chi connectivity index (χ3v) is 3.82. The van der Waals surface area contributed by atoms with Crippen LogP contribution in [0.15, 0.2) is 0 Å². The molecule has 13 heavy (non-hydrogen) atoms. The second kappa shape index (κ2) is 3.97. The molecule has 0 aromatic carbocycles. The lowest BCUT2D eigenvalue weighted by molar-refractivity contribution is 0.117. The SMILES string of the molecule is CC1CCNCC1N1CCCC1C. The van der Waals surface area contributed by atoms with Crippen LogP contribution in [0.5, 0.6) is 0 Å². The van der Waals surface area contributed by atoms with Crippen molar-refractivity contribution in [3.05, 3.63) is 0 Å². The highest BCUT2D eigenvalue weighted by Crippen LogP contribution is 2.25. The fraction of sp³-hybridized carbons (Fsp3) is 1.00. The van der Waals surface area contributed by atoms with Gasteiger partial charge in [0.1, 0.15) is 0 Å². The van der Waals surface area contributed by atoms with Crippen LogP contribution >= 0.6 is 0 Å². The molecule has 0 bridgehead atoms. The van der Waals surface area contributed by atoms with E-state index in [1.807, 2.05) is 0 Å². The number of nitrogens with one attached hydrogen (secondary N) is 1. The van der Waals surface area contributed by atoms with Crippen molar-refractivity contribution in [2.45, 2.75) is 45.2 Å². The first-order chi connectivity index (χ1) is 6.29. The molecule has 76 valence electrons. The van der Waals surface area contributed by atoms with Gasteiger partial charge in [0.15, 0.2) is 0 Å². The fourth-order valence-corrected chi connectivity index (χ4v) is 2.87. The summed E-state index contributed by atoms with van der Waals surface area (Å²) in [6.45, 7) is 8.56. The zero-order valence-corrected chi connectivity index (χ0v) is 8.92. The van der Waals surface area contributed by atoms with E-state index in [2.05, 4.69) is 24.1 Å². The molecule has 0 aliphatic carbocycles. The molecule has 2 aliphatic heterocycles. The molecule has 2 heterocycles. The van der Waals surface area contributed by atoms with Gasteiger partial charge in [-0.25, -0.2) is 0 Å². The van der Waals surface area contributed by atoms with Crippen LogP contribution in [-0.4, -0.2) is 36.6 Å². The van der Waals surface area contributed by atoms with E-state index in [0.717, 1.165) is 18.0 Å². The maximum Gasteiger partial charge on any atom is 0.0249 e. The molecule has 2 aliphatic rings. The monoisotopic (exact) mass is 182 g/mol. The average molecular weight is 182 g/mol. The van der Waals surface area contributed by atoms with E-state index in [9.17, 15) is 0 Å². The molecule has 2 saturated heterocycles. The van der Waals surface area contributed by atoms with Crippen molar-refractivity contribution in [3.63, 3.8) is 0 Å². The molecular formula is C11H22N2. The minimum atomic E-state index is 0.811. The van der Waals surface area contributed by atoms with Crippen LogP contribution in [-0.2, 0) is 0 Å². The second-order valence-corrected chi connectivity index (χ2v) is 4.77. The van der Waals surface area contributed by atoms with E-state index in [0.29, 0.717) is 0 Å². The number of hydrogen-bond acceptors (Lipinski definition) is 2. The predicted molar refractivity (Wildman–Crippen MR) is 55.8 cm³/mol. The molecule has 0 radical (unpaired) electrons. The summed E-state index contributed by atoms with van der Waals surface area (Å²) in [6, 6.07) is 1.64. The molecule has 0 spiro atoms. The summed E-state index contributed by atoms with van der Waals surface area (Å²) in [4.78, 5) is 2.72. The van der Waals surface area contributed by atoms with E-state index in [-0.39, 0.29) is 0 Å². The zero-order valence-electron chi connectivity index (χ0n) is 8.92. The van der Waals surface area contributed by atoms with E-state index in [1.54, 1.807) is 0 Å². The van der Waals surface area contributed by atoms with Crippen LogP contribution in [0.2, 0.25) is 0 Å². The van der Waals surface area contributed by atoms with E-state index < -0.39 is 0 Å². The van der Waals surface area contributed by atoms with Gasteiger partial charge in [-0.15, -0.1) is 0 Å². The maximum atomic E-state index is 3.52. The smallest absolute Gasteiger partial charge is 0.0249 e. The first-order valence-corrected chi connectivity index (χ1v) is 5.75. The molecule has 1 N–H and O–H groups in total. The van der Waals surface area contributed by atoms with Crippen molar-refractivity contribution in [2.24, 2.45) is 5.92 Å². The van der Waals surface area contributed by atoms with E-state index in [1.165, 1.54) is 38.9 Å². The van der Waals surface area contributed by atoms with Crippen molar-refractivity contribution in [3.8, 4) is 0 Å². The second-order valence-electron chi connectivity index (χ2n) is 4.77. The van der Waals surface area contributed by atoms with Crippen molar-refractivity contribution >= 4 is 0 Å². The Labute approximate surface area is 81.7 Å². The molecule has 2 nitrogen and oxygen atoms in total. The molecule has 3 unspecified atom stereocenters. The van der Waals surface area contributed by atoms with Gasteiger partial charge in [0.05, 0.1) is 0 Å². The Balaban J connectivity index is 1.97. The summed E-state index contributed by atoms with van der Waals surface area (Å²) in [5.74, 6) is 0.891. The Morgan fingerprint density at radius 1 is 1.23 bits per heavy atom. The molecule has 2 heteroatoms. The molecule has 0 amide bonds. The molecule has 0 saturated carbocycles. The maximum absolute atomic E-state index is 3.52. The standard InChI is InChI=1S/C11H22N2/c1-9-5-6-12-8-11(9)13-7-3-4-10(13)2/h9-12H,3-8H2,1-2H3. The Hall–Kier alpha value is -0.0800. The number of rotatable bonds is 1. The number of hydrogen-bond donors (Lipinski definition) is 1. The summed E-state index contributed by atoms with van der Waals surface area (Å²) in [5, 5.41) is 3.52. The van der Waals surface area contributed by atoms with Gasteiger partial charge >= 0.3 is 0 Å². The van der Waals surface area contributed by atoms with Gasteiger partial charge < -0.3 is 5.32 Å². The number of nitrogens with zero attached hydrogens (tertiary/aromatic N) is 1. The largest absolute Gasteiger partial charge is 0.315 e. The Morgan fingerprint density at radius 2 is 2.08 bits per heavy atom. The van der Waals surface area contributed by atoms with Crippen molar-refractivity contribution in [1.29, 1.82) is 0 Å². The highest BCUT2D eigenvalue weighted by atomic mass is 15.2. The number of likely N-dealkylation sites (tertiary alicyclic amines) is 1. The van der Waals surface area contributed by atoms with Crippen LogP contribution in [0.25, 0.3) is 0 Å². The van der Waals surface area contributed by atoms with Gasteiger partial charge in [0.25, 0.3) is 0 Å². The van der Waals surface area contributed by atoms with Crippen LogP contribution in [0.3, 0.4) is 0 Å². The van der Waals surface area contributed by atoms with Crippen LogP contribution in [0, 0.1) is 5.92 Å². The van der Waals surface area contributed by atoms with Gasteiger partial charge in [-0.3, -0.25) is 4.90 Å². The lowest BCUT2D eigenvalue weighted by atomic mass is 9.93. The van der Waals surface area contributed by atoms with Crippen LogP contribution in [0.1, 0.15) is 33.1 Å². The third-order valence-electron chi connectivity index (χ3n) is 3.82. The summed E-state index contributed by atoms with van der Waals surface area (Å²) in [6.07, 6.45) is 4.17. The summed E-state index contributed by atoms with van der Waals surface area (Å²) in [7, 11) is 0. The first kappa shape index (κ1) is 9.47.